The van der Waals surface area contributed by atoms with E-state index in [2.05, 4.69) is 10.2 Å². The Morgan fingerprint density at radius 3 is 2.67 bits per heavy atom. The average Bonchev–Trinajstić information content (AvgIpc) is 2.95. The second-order valence-corrected chi connectivity index (χ2v) is 5.88. The first-order valence-electron chi connectivity index (χ1n) is 8.03. The topological polar surface area (TPSA) is 61.9 Å². The van der Waals surface area contributed by atoms with Crippen molar-refractivity contribution in [3.63, 3.8) is 0 Å². The normalized spacial score (nSPS) is 24.9. The lowest BCUT2D eigenvalue weighted by atomic mass is 10.1. The van der Waals surface area contributed by atoms with Gasteiger partial charge in [-0.3, -0.25) is 14.5 Å². The number of hydrogen-bond donors (Lipinski definition) is 1. The SMILES string of the molecule is CCOC(=O)C(C)CN1CCCC1C(=O)N1CCNCC1. The number of carbonyl (C=O) groups excluding carboxylic acids is 2. The van der Waals surface area contributed by atoms with E-state index >= 15 is 0 Å². The summed E-state index contributed by atoms with van der Waals surface area (Å²) >= 11 is 0. The molecule has 2 saturated heterocycles. The van der Waals surface area contributed by atoms with Crippen LogP contribution in [0.4, 0.5) is 0 Å². The molecular weight excluding hydrogens is 270 g/mol. The van der Waals surface area contributed by atoms with Gasteiger partial charge in [-0.25, -0.2) is 0 Å². The van der Waals surface area contributed by atoms with Crippen molar-refractivity contribution >= 4 is 11.9 Å². The second kappa shape index (κ2) is 7.75. The molecule has 6 nitrogen and oxygen atoms in total. The maximum atomic E-state index is 12.6. The molecule has 0 aliphatic carbocycles. The number of ether oxygens (including phenoxy) is 1. The summed E-state index contributed by atoms with van der Waals surface area (Å²) in [4.78, 5) is 28.5. The minimum absolute atomic E-state index is 0.0556. The summed E-state index contributed by atoms with van der Waals surface area (Å²) < 4.78 is 5.06. The molecule has 0 spiro atoms. The van der Waals surface area contributed by atoms with E-state index in [1.807, 2.05) is 18.7 Å². The summed E-state index contributed by atoms with van der Waals surface area (Å²) in [6, 6.07) is -0.0556. The zero-order valence-electron chi connectivity index (χ0n) is 13.1. The van der Waals surface area contributed by atoms with Gasteiger partial charge in [-0.05, 0) is 26.3 Å². The standard InChI is InChI=1S/C15H27N3O3/c1-3-21-15(20)12(2)11-18-8-4-5-13(18)14(19)17-9-6-16-7-10-17/h12-13,16H,3-11H2,1-2H3. The van der Waals surface area contributed by atoms with Crippen molar-refractivity contribution in [3.05, 3.63) is 0 Å². The monoisotopic (exact) mass is 297 g/mol. The van der Waals surface area contributed by atoms with Crippen LogP contribution in [0.15, 0.2) is 0 Å². The summed E-state index contributed by atoms with van der Waals surface area (Å²) in [6.07, 6.45) is 1.93. The number of amides is 1. The molecule has 0 aromatic rings. The predicted molar refractivity (Wildman–Crippen MR) is 79.8 cm³/mol. The highest BCUT2D eigenvalue weighted by Crippen LogP contribution is 2.21. The molecule has 21 heavy (non-hydrogen) atoms. The van der Waals surface area contributed by atoms with Gasteiger partial charge in [0.05, 0.1) is 18.6 Å². The molecule has 6 heteroatoms. The third kappa shape index (κ3) is 4.17. The molecule has 2 fully saturated rings. The molecule has 120 valence electrons. The fraction of sp³-hybridized carbons (Fsp3) is 0.867. The van der Waals surface area contributed by atoms with Crippen LogP contribution in [0.3, 0.4) is 0 Å². The van der Waals surface area contributed by atoms with Crippen LogP contribution in [-0.4, -0.2) is 73.6 Å². The van der Waals surface area contributed by atoms with Gasteiger partial charge in [-0.15, -0.1) is 0 Å². The van der Waals surface area contributed by atoms with E-state index < -0.39 is 0 Å². The zero-order chi connectivity index (χ0) is 15.2. The fourth-order valence-electron chi connectivity index (χ4n) is 3.13. The van der Waals surface area contributed by atoms with Gasteiger partial charge in [0.15, 0.2) is 0 Å². The number of piperazine rings is 1. The number of nitrogens with one attached hydrogen (secondary N) is 1. The Balaban J connectivity index is 1.90. The van der Waals surface area contributed by atoms with E-state index in [9.17, 15) is 9.59 Å². The van der Waals surface area contributed by atoms with E-state index in [0.717, 1.165) is 45.6 Å². The molecule has 0 aromatic heterocycles. The van der Waals surface area contributed by atoms with Crippen LogP contribution in [0.5, 0.6) is 0 Å². The first-order valence-corrected chi connectivity index (χ1v) is 8.03. The number of rotatable bonds is 5. The minimum Gasteiger partial charge on any atom is -0.466 e. The summed E-state index contributed by atoms with van der Waals surface area (Å²) in [5, 5.41) is 3.26. The van der Waals surface area contributed by atoms with E-state index in [4.69, 9.17) is 4.74 Å². The van der Waals surface area contributed by atoms with Gasteiger partial charge in [0.25, 0.3) is 0 Å². The Kier molecular flexibility index (Phi) is 5.99. The van der Waals surface area contributed by atoms with Gasteiger partial charge >= 0.3 is 5.97 Å². The van der Waals surface area contributed by atoms with Crippen molar-refractivity contribution in [2.75, 3.05) is 45.9 Å². The fourth-order valence-corrected chi connectivity index (χ4v) is 3.13. The van der Waals surface area contributed by atoms with Crippen molar-refractivity contribution in [2.24, 2.45) is 5.92 Å². The van der Waals surface area contributed by atoms with Crippen LogP contribution < -0.4 is 5.32 Å². The molecule has 2 unspecified atom stereocenters. The van der Waals surface area contributed by atoms with E-state index in [0.29, 0.717) is 13.2 Å². The predicted octanol–water partition coefficient (Wildman–Crippen LogP) is 0.0818. The highest BCUT2D eigenvalue weighted by molar-refractivity contribution is 5.82. The molecule has 1 amide bonds. The van der Waals surface area contributed by atoms with Gasteiger partial charge in [0.2, 0.25) is 5.91 Å². The van der Waals surface area contributed by atoms with Gasteiger partial charge in [-0.1, -0.05) is 6.92 Å². The molecule has 2 heterocycles. The minimum atomic E-state index is -0.179. The van der Waals surface area contributed by atoms with Gasteiger partial charge in [-0.2, -0.15) is 0 Å². The smallest absolute Gasteiger partial charge is 0.309 e. The first kappa shape index (κ1) is 16.2. The van der Waals surface area contributed by atoms with Crippen molar-refractivity contribution in [1.29, 1.82) is 0 Å². The molecule has 0 aromatic carbocycles. The molecule has 0 saturated carbocycles. The molecule has 0 bridgehead atoms. The maximum Gasteiger partial charge on any atom is 0.309 e. The van der Waals surface area contributed by atoms with Crippen molar-refractivity contribution < 1.29 is 14.3 Å². The van der Waals surface area contributed by atoms with Gasteiger partial charge in [0, 0.05) is 32.7 Å². The number of esters is 1. The lowest BCUT2D eigenvalue weighted by Crippen LogP contribution is -2.53. The number of carbonyl (C=O) groups is 2. The largest absolute Gasteiger partial charge is 0.466 e. The Labute approximate surface area is 126 Å². The molecule has 2 aliphatic heterocycles. The Morgan fingerprint density at radius 2 is 2.00 bits per heavy atom. The summed E-state index contributed by atoms with van der Waals surface area (Å²) in [7, 11) is 0. The van der Waals surface area contributed by atoms with Gasteiger partial charge in [0.1, 0.15) is 0 Å². The summed E-state index contributed by atoms with van der Waals surface area (Å²) in [6.45, 7) is 8.93. The van der Waals surface area contributed by atoms with Crippen molar-refractivity contribution in [2.45, 2.75) is 32.7 Å². The van der Waals surface area contributed by atoms with Crippen LogP contribution in [0.25, 0.3) is 0 Å². The molecule has 2 aliphatic rings. The number of likely N-dealkylation sites (tertiary alicyclic amines) is 1. The van der Waals surface area contributed by atoms with E-state index in [-0.39, 0.29) is 23.8 Å². The maximum absolute atomic E-state index is 12.6. The van der Waals surface area contributed by atoms with Crippen molar-refractivity contribution in [3.8, 4) is 0 Å². The Morgan fingerprint density at radius 1 is 1.29 bits per heavy atom. The van der Waals surface area contributed by atoms with Crippen LogP contribution in [0.2, 0.25) is 0 Å². The average molecular weight is 297 g/mol. The van der Waals surface area contributed by atoms with Crippen LogP contribution in [-0.2, 0) is 14.3 Å². The Bertz CT molecular complexity index is 369. The highest BCUT2D eigenvalue weighted by Gasteiger charge is 2.35. The highest BCUT2D eigenvalue weighted by atomic mass is 16.5. The van der Waals surface area contributed by atoms with Gasteiger partial charge < -0.3 is 15.0 Å². The van der Waals surface area contributed by atoms with Crippen LogP contribution >= 0.6 is 0 Å². The first-order chi connectivity index (χ1) is 10.1. The lowest BCUT2D eigenvalue weighted by molar-refractivity contribution is -0.149. The second-order valence-electron chi connectivity index (χ2n) is 5.88. The number of hydrogen-bond acceptors (Lipinski definition) is 5. The molecule has 1 N–H and O–H groups in total. The zero-order valence-corrected chi connectivity index (χ0v) is 13.1. The molecular formula is C15H27N3O3. The third-order valence-electron chi connectivity index (χ3n) is 4.27. The molecule has 2 rings (SSSR count). The lowest BCUT2D eigenvalue weighted by Gasteiger charge is -2.33. The van der Waals surface area contributed by atoms with Crippen LogP contribution in [0.1, 0.15) is 26.7 Å². The Hall–Kier alpha value is -1.14. The van der Waals surface area contributed by atoms with Crippen LogP contribution in [0, 0.1) is 5.92 Å². The van der Waals surface area contributed by atoms with E-state index in [1.54, 1.807) is 0 Å². The van der Waals surface area contributed by atoms with Crippen molar-refractivity contribution in [1.82, 2.24) is 15.1 Å². The van der Waals surface area contributed by atoms with E-state index in [1.165, 1.54) is 0 Å². The quantitative estimate of drug-likeness (QED) is 0.728. The summed E-state index contributed by atoms with van der Waals surface area (Å²) in [5.74, 6) is -0.121. The molecule has 2 atom stereocenters. The number of nitrogens with zero attached hydrogens (tertiary/aromatic N) is 2. The third-order valence-corrected chi connectivity index (χ3v) is 4.27. The summed E-state index contributed by atoms with van der Waals surface area (Å²) in [5.41, 5.74) is 0. The molecule has 0 radical (unpaired) electrons.